The molecule has 4 rings (SSSR count). The normalized spacial score (nSPS) is 12.0. The Bertz CT molecular complexity index is 1180. The molecule has 0 fully saturated rings. The van der Waals surface area contributed by atoms with Crippen LogP contribution in [0.5, 0.6) is 11.5 Å². The number of aromatic nitrogens is 2. The summed E-state index contributed by atoms with van der Waals surface area (Å²) in [6, 6.07) is 23.0. The molecule has 164 valence electrons. The molecule has 1 unspecified atom stereocenters. The van der Waals surface area contributed by atoms with E-state index in [1.54, 1.807) is 20.5 Å². The first-order chi connectivity index (χ1) is 15.6. The van der Waals surface area contributed by atoms with E-state index in [0.717, 1.165) is 23.1 Å². The van der Waals surface area contributed by atoms with Crippen molar-refractivity contribution in [3.63, 3.8) is 0 Å². The van der Waals surface area contributed by atoms with Gasteiger partial charge in [0.05, 0.1) is 25.8 Å². The molecule has 0 spiro atoms. The minimum Gasteiger partial charge on any atom is -0.493 e. The fourth-order valence-corrected chi connectivity index (χ4v) is 3.89. The van der Waals surface area contributed by atoms with Gasteiger partial charge < -0.3 is 14.8 Å². The molecule has 1 atom stereocenters. The van der Waals surface area contributed by atoms with Gasteiger partial charge in [0.25, 0.3) is 0 Å². The SMILES string of the molecule is CCN(C)C(c1ccccc1)c1ccc(Nc2ncnc3cc(OC)c(OC)cc23)cc1. The van der Waals surface area contributed by atoms with E-state index in [1.807, 2.05) is 12.1 Å². The third kappa shape index (κ3) is 4.36. The first kappa shape index (κ1) is 21.6. The van der Waals surface area contributed by atoms with Crippen molar-refractivity contribution in [2.24, 2.45) is 0 Å². The third-order valence-electron chi connectivity index (χ3n) is 5.68. The lowest BCUT2D eigenvalue weighted by atomic mass is 9.97. The molecule has 1 N–H and O–H groups in total. The van der Waals surface area contributed by atoms with Crippen LogP contribution in [-0.2, 0) is 0 Å². The van der Waals surface area contributed by atoms with Gasteiger partial charge in [0.2, 0.25) is 0 Å². The largest absolute Gasteiger partial charge is 0.493 e. The van der Waals surface area contributed by atoms with E-state index in [9.17, 15) is 0 Å². The average molecular weight is 429 g/mol. The maximum atomic E-state index is 5.45. The van der Waals surface area contributed by atoms with Crippen molar-refractivity contribution in [1.82, 2.24) is 14.9 Å². The van der Waals surface area contributed by atoms with Gasteiger partial charge in [0.15, 0.2) is 11.5 Å². The van der Waals surface area contributed by atoms with Crippen LogP contribution < -0.4 is 14.8 Å². The van der Waals surface area contributed by atoms with Crippen LogP contribution in [0.15, 0.2) is 73.1 Å². The summed E-state index contributed by atoms with van der Waals surface area (Å²) in [4.78, 5) is 11.2. The van der Waals surface area contributed by atoms with Gasteiger partial charge in [0.1, 0.15) is 12.1 Å². The molecule has 1 heterocycles. The summed E-state index contributed by atoms with van der Waals surface area (Å²) in [5.74, 6) is 2.00. The fraction of sp³-hybridized carbons (Fsp3) is 0.231. The van der Waals surface area contributed by atoms with E-state index in [-0.39, 0.29) is 6.04 Å². The molecule has 1 aromatic heterocycles. The summed E-state index contributed by atoms with van der Waals surface area (Å²) in [6.45, 7) is 3.13. The number of rotatable bonds is 8. The minimum atomic E-state index is 0.201. The lowest BCUT2D eigenvalue weighted by molar-refractivity contribution is 0.294. The number of hydrogen-bond donors (Lipinski definition) is 1. The quantitative estimate of drug-likeness (QED) is 0.404. The molecule has 6 nitrogen and oxygen atoms in total. The lowest BCUT2D eigenvalue weighted by Gasteiger charge is -2.28. The second kappa shape index (κ2) is 9.66. The van der Waals surface area contributed by atoms with Gasteiger partial charge in [0, 0.05) is 17.1 Å². The molecule has 0 aliphatic heterocycles. The lowest BCUT2D eigenvalue weighted by Crippen LogP contribution is -2.25. The number of anilines is 2. The van der Waals surface area contributed by atoms with Crippen molar-refractivity contribution in [1.29, 1.82) is 0 Å². The zero-order chi connectivity index (χ0) is 22.5. The van der Waals surface area contributed by atoms with Crippen molar-refractivity contribution < 1.29 is 9.47 Å². The van der Waals surface area contributed by atoms with Crippen molar-refractivity contribution in [3.05, 3.63) is 84.2 Å². The topological polar surface area (TPSA) is 59.5 Å². The molecule has 0 amide bonds. The van der Waals surface area contributed by atoms with Crippen LogP contribution in [-0.4, -0.2) is 42.7 Å². The van der Waals surface area contributed by atoms with Gasteiger partial charge in [-0.05, 0) is 42.9 Å². The Morgan fingerprint density at radius 2 is 1.53 bits per heavy atom. The number of nitrogens with one attached hydrogen (secondary N) is 1. The Labute approximate surface area is 188 Å². The highest BCUT2D eigenvalue weighted by molar-refractivity contribution is 5.93. The number of methoxy groups -OCH3 is 2. The summed E-state index contributed by atoms with van der Waals surface area (Å²) >= 11 is 0. The maximum absolute atomic E-state index is 5.45. The molecule has 0 saturated heterocycles. The van der Waals surface area contributed by atoms with Crippen LogP contribution in [0.2, 0.25) is 0 Å². The van der Waals surface area contributed by atoms with E-state index in [0.29, 0.717) is 17.3 Å². The number of hydrogen-bond acceptors (Lipinski definition) is 6. The van der Waals surface area contributed by atoms with Gasteiger partial charge in [-0.15, -0.1) is 0 Å². The summed E-state index contributed by atoms with van der Waals surface area (Å²) in [5.41, 5.74) is 4.26. The molecule has 0 saturated carbocycles. The van der Waals surface area contributed by atoms with Gasteiger partial charge in [-0.3, -0.25) is 4.90 Å². The Hall–Kier alpha value is -3.64. The highest BCUT2D eigenvalue weighted by Crippen LogP contribution is 2.35. The molecule has 0 aliphatic carbocycles. The van der Waals surface area contributed by atoms with E-state index >= 15 is 0 Å². The first-order valence-corrected chi connectivity index (χ1v) is 10.6. The molecule has 0 bridgehead atoms. The van der Waals surface area contributed by atoms with Gasteiger partial charge in [-0.25, -0.2) is 9.97 Å². The summed E-state index contributed by atoms with van der Waals surface area (Å²) in [5, 5.41) is 4.29. The summed E-state index contributed by atoms with van der Waals surface area (Å²) < 4.78 is 10.8. The van der Waals surface area contributed by atoms with Crippen molar-refractivity contribution in [2.75, 3.05) is 33.1 Å². The molecular weight excluding hydrogens is 400 g/mol. The average Bonchev–Trinajstić information content (AvgIpc) is 2.85. The van der Waals surface area contributed by atoms with E-state index in [1.165, 1.54) is 11.1 Å². The second-order valence-corrected chi connectivity index (χ2v) is 7.58. The van der Waals surface area contributed by atoms with Crippen LogP contribution in [0.4, 0.5) is 11.5 Å². The van der Waals surface area contributed by atoms with Crippen LogP contribution in [0.1, 0.15) is 24.1 Å². The molecule has 3 aromatic carbocycles. The molecular formula is C26H28N4O2. The summed E-state index contributed by atoms with van der Waals surface area (Å²) in [6.07, 6.45) is 1.55. The second-order valence-electron chi connectivity index (χ2n) is 7.58. The Kier molecular flexibility index (Phi) is 6.52. The monoisotopic (exact) mass is 428 g/mol. The van der Waals surface area contributed by atoms with Crippen LogP contribution in [0.3, 0.4) is 0 Å². The zero-order valence-electron chi connectivity index (χ0n) is 18.9. The fourth-order valence-electron chi connectivity index (χ4n) is 3.89. The third-order valence-corrected chi connectivity index (χ3v) is 5.68. The van der Waals surface area contributed by atoms with Crippen LogP contribution in [0, 0.1) is 0 Å². The van der Waals surface area contributed by atoms with Gasteiger partial charge >= 0.3 is 0 Å². The Balaban J connectivity index is 1.64. The van der Waals surface area contributed by atoms with E-state index in [4.69, 9.17) is 9.47 Å². The smallest absolute Gasteiger partial charge is 0.162 e. The van der Waals surface area contributed by atoms with Crippen LogP contribution in [0.25, 0.3) is 10.9 Å². The van der Waals surface area contributed by atoms with Gasteiger partial charge in [-0.1, -0.05) is 49.4 Å². The molecule has 32 heavy (non-hydrogen) atoms. The zero-order valence-corrected chi connectivity index (χ0v) is 18.9. The number of fused-ring (bicyclic) bond motifs is 1. The van der Waals surface area contributed by atoms with E-state index < -0.39 is 0 Å². The van der Waals surface area contributed by atoms with Crippen LogP contribution >= 0.6 is 0 Å². The standard InChI is InChI=1S/C26H28N4O2/c1-5-30(2)25(18-9-7-6-8-10-18)19-11-13-20(14-12-19)29-26-21-15-23(31-3)24(32-4)16-22(21)27-17-28-26/h6-17,25H,5H2,1-4H3,(H,27,28,29). The predicted molar refractivity (Wildman–Crippen MR) is 129 cm³/mol. The highest BCUT2D eigenvalue weighted by Gasteiger charge is 2.18. The van der Waals surface area contributed by atoms with Crippen molar-refractivity contribution in [2.45, 2.75) is 13.0 Å². The summed E-state index contributed by atoms with van der Waals surface area (Å²) in [7, 11) is 5.39. The molecule has 0 aliphatic rings. The van der Waals surface area contributed by atoms with Crippen molar-refractivity contribution >= 4 is 22.4 Å². The number of nitrogens with zero attached hydrogens (tertiary/aromatic N) is 3. The number of benzene rings is 3. The minimum absolute atomic E-state index is 0.201. The first-order valence-electron chi connectivity index (χ1n) is 10.6. The molecule has 4 aromatic rings. The van der Waals surface area contributed by atoms with E-state index in [2.05, 4.69) is 88.8 Å². The Morgan fingerprint density at radius 1 is 0.875 bits per heavy atom. The predicted octanol–water partition coefficient (Wildman–Crippen LogP) is 5.43. The Morgan fingerprint density at radius 3 is 2.19 bits per heavy atom. The highest BCUT2D eigenvalue weighted by atomic mass is 16.5. The maximum Gasteiger partial charge on any atom is 0.162 e. The van der Waals surface area contributed by atoms with Gasteiger partial charge in [-0.2, -0.15) is 0 Å². The number of ether oxygens (including phenoxy) is 2. The molecule has 0 radical (unpaired) electrons. The van der Waals surface area contributed by atoms with Crippen molar-refractivity contribution in [3.8, 4) is 11.5 Å². The molecule has 6 heteroatoms.